The number of H-pyrrole nitrogens is 1. The number of nitrogens with one attached hydrogen (secondary N) is 1. The van der Waals surface area contributed by atoms with Gasteiger partial charge in [0.05, 0.1) is 39.7 Å². The molecule has 3 aromatic heterocycles. The van der Waals surface area contributed by atoms with Gasteiger partial charge in [-0.25, -0.2) is 9.97 Å². The van der Waals surface area contributed by atoms with E-state index in [1.165, 1.54) is 32.1 Å². The minimum Gasteiger partial charge on any atom is -0.383 e. The Kier molecular flexibility index (Phi) is 5.42. The number of pyridine rings is 1. The predicted octanol–water partition coefficient (Wildman–Crippen LogP) is 6.40. The lowest BCUT2D eigenvalue weighted by Crippen LogP contribution is -2.12. The molecule has 158 valence electrons. The zero-order chi connectivity index (χ0) is 21.4. The molecule has 3 heterocycles. The molecule has 4 aromatic rings. The van der Waals surface area contributed by atoms with Gasteiger partial charge in [-0.3, -0.25) is 4.68 Å². The molecule has 0 spiro atoms. The highest BCUT2D eigenvalue weighted by molar-refractivity contribution is 6.39. The number of nitrogens with zero attached hydrogens (tertiary/aromatic N) is 4. The normalized spacial score (nSPS) is 14.8. The first-order valence-corrected chi connectivity index (χ1v) is 11.2. The molecular formula is C23H22Cl2N6. The number of aromatic nitrogens is 5. The minimum atomic E-state index is 0.398. The zero-order valence-electron chi connectivity index (χ0n) is 16.9. The van der Waals surface area contributed by atoms with Gasteiger partial charge in [0.2, 0.25) is 0 Å². The third kappa shape index (κ3) is 3.93. The molecule has 8 heteroatoms. The number of anilines is 1. The van der Waals surface area contributed by atoms with Crippen LogP contribution in [0.2, 0.25) is 10.0 Å². The summed E-state index contributed by atoms with van der Waals surface area (Å²) >= 11 is 12.7. The van der Waals surface area contributed by atoms with E-state index in [0.717, 1.165) is 22.4 Å². The van der Waals surface area contributed by atoms with E-state index in [-0.39, 0.29) is 0 Å². The summed E-state index contributed by atoms with van der Waals surface area (Å²) in [7, 11) is 0. The van der Waals surface area contributed by atoms with Gasteiger partial charge in [0.1, 0.15) is 11.6 Å². The van der Waals surface area contributed by atoms with Crippen LogP contribution in [0.3, 0.4) is 0 Å². The standard InChI is InChI=1S/C23H22Cl2N6/c24-18-7-4-8-19(25)21(18)20-12-28-23(30-20)17-9-14(10-27-22(17)26)15-11-29-31(13-15)16-5-2-1-3-6-16/h4,7-13,16H,1-3,5-6H2,(H2,26,27)(H,28,30). The summed E-state index contributed by atoms with van der Waals surface area (Å²) < 4.78 is 2.09. The average molecular weight is 453 g/mol. The van der Waals surface area contributed by atoms with Crippen LogP contribution in [0, 0.1) is 0 Å². The van der Waals surface area contributed by atoms with Gasteiger partial charge in [0, 0.05) is 29.1 Å². The van der Waals surface area contributed by atoms with Gasteiger partial charge in [-0.15, -0.1) is 0 Å². The van der Waals surface area contributed by atoms with Crippen LogP contribution in [0.15, 0.2) is 49.1 Å². The van der Waals surface area contributed by atoms with E-state index in [4.69, 9.17) is 28.9 Å². The molecule has 1 aliphatic carbocycles. The van der Waals surface area contributed by atoms with Crippen molar-refractivity contribution in [3.05, 3.63) is 59.1 Å². The fraction of sp³-hybridized carbons (Fsp3) is 0.261. The molecule has 0 bridgehead atoms. The van der Waals surface area contributed by atoms with Crippen molar-refractivity contribution in [1.82, 2.24) is 24.7 Å². The Morgan fingerprint density at radius 3 is 2.52 bits per heavy atom. The minimum absolute atomic E-state index is 0.398. The topological polar surface area (TPSA) is 85.4 Å². The van der Waals surface area contributed by atoms with Gasteiger partial charge in [-0.2, -0.15) is 5.10 Å². The zero-order valence-corrected chi connectivity index (χ0v) is 18.4. The number of nitrogen functional groups attached to an aromatic ring is 1. The lowest BCUT2D eigenvalue weighted by Gasteiger charge is -2.21. The average Bonchev–Trinajstić information content (AvgIpc) is 3.45. The number of imidazole rings is 1. The maximum atomic E-state index is 6.34. The summed E-state index contributed by atoms with van der Waals surface area (Å²) in [5, 5.41) is 5.72. The molecule has 0 amide bonds. The summed E-state index contributed by atoms with van der Waals surface area (Å²) in [5.41, 5.74) is 10.3. The first-order valence-electron chi connectivity index (χ1n) is 10.4. The summed E-state index contributed by atoms with van der Waals surface area (Å²) in [5.74, 6) is 1.01. The van der Waals surface area contributed by atoms with Gasteiger partial charge >= 0.3 is 0 Å². The van der Waals surface area contributed by atoms with Crippen LogP contribution in [-0.2, 0) is 0 Å². The number of hydrogen-bond donors (Lipinski definition) is 2. The smallest absolute Gasteiger partial charge is 0.141 e. The number of benzene rings is 1. The van der Waals surface area contributed by atoms with E-state index in [9.17, 15) is 0 Å². The second kappa shape index (κ2) is 8.36. The van der Waals surface area contributed by atoms with Crippen molar-refractivity contribution in [1.29, 1.82) is 0 Å². The van der Waals surface area contributed by atoms with Crippen molar-refractivity contribution >= 4 is 29.0 Å². The Morgan fingerprint density at radius 1 is 0.968 bits per heavy atom. The van der Waals surface area contributed by atoms with Crippen molar-refractivity contribution in [3.8, 4) is 33.8 Å². The quantitative estimate of drug-likeness (QED) is 0.375. The Morgan fingerprint density at radius 2 is 1.74 bits per heavy atom. The molecule has 5 rings (SSSR count). The first-order chi connectivity index (χ1) is 15.1. The Bertz CT molecular complexity index is 1200. The number of rotatable bonds is 4. The van der Waals surface area contributed by atoms with Crippen molar-refractivity contribution < 1.29 is 0 Å². The Balaban J connectivity index is 1.47. The lowest BCUT2D eigenvalue weighted by molar-refractivity contribution is 0.329. The predicted molar refractivity (Wildman–Crippen MR) is 125 cm³/mol. The fourth-order valence-corrected chi connectivity index (χ4v) is 4.80. The second-order valence-electron chi connectivity index (χ2n) is 7.90. The molecule has 3 N–H and O–H groups in total. The molecule has 1 saturated carbocycles. The Hall–Kier alpha value is -2.83. The van der Waals surface area contributed by atoms with Crippen molar-refractivity contribution in [2.75, 3.05) is 5.73 Å². The summed E-state index contributed by atoms with van der Waals surface area (Å²) in [4.78, 5) is 12.2. The van der Waals surface area contributed by atoms with Crippen LogP contribution in [0.25, 0.3) is 33.8 Å². The second-order valence-corrected chi connectivity index (χ2v) is 8.71. The van der Waals surface area contributed by atoms with Crippen molar-refractivity contribution in [2.45, 2.75) is 38.1 Å². The summed E-state index contributed by atoms with van der Waals surface area (Å²) in [6.07, 6.45) is 13.7. The van der Waals surface area contributed by atoms with E-state index in [0.29, 0.717) is 33.3 Å². The van der Waals surface area contributed by atoms with Crippen molar-refractivity contribution in [3.63, 3.8) is 0 Å². The van der Waals surface area contributed by atoms with Gasteiger partial charge < -0.3 is 10.7 Å². The van der Waals surface area contributed by atoms with Crippen LogP contribution in [0.4, 0.5) is 5.82 Å². The third-order valence-electron chi connectivity index (χ3n) is 5.87. The highest BCUT2D eigenvalue weighted by Gasteiger charge is 2.18. The molecule has 0 radical (unpaired) electrons. The molecule has 0 unspecified atom stereocenters. The Labute approximate surface area is 190 Å². The number of hydrogen-bond acceptors (Lipinski definition) is 4. The molecule has 1 aliphatic rings. The highest BCUT2D eigenvalue weighted by atomic mass is 35.5. The molecule has 1 fully saturated rings. The molecular weight excluding hydrogens is 431 g/mol. The SMILES string of the molecule is Nc1ncc(-c2cnn(C3CCCCC3)c2)cc1-c1ncc(-c2c(Cl)cccc2Cl)[nH]1. The number of halogens is 2. The van der Waals surface area contributed by atoms with Crippen LogP contribution < -0.4 is 5.73 Å². The maximum absolute atomic E-state index is 6.34. The van der Waals surface area contributed by atoms with Gasteiger partial charge in [-0.05, 0) is 31.0 Å². The molecule has 0 aliphatic heterocycles. The highest BCUT2D eigenvalue weighted by Crippen LogP contribution is 2.36. The first kappa shape index (κ1) is 20.1. The molecule has 0 atom stereocenters. The number of aromatic amines is 1. The van der Waals surface area contributed by atoms with Crippen LogP contribution in [0.5, 0.6) is 0 Å². The lowest BCUT2D eigenvalue weighted by atomic mass is 9.96. The summed E-state index contributed by atoms with van der Waals surface area (Å²) in [6.45, 7) is 0. The van der Waals surface area contributed by atoms with E-state index in [2.05, 4.69) is 30.9 Å². The van der Waals surface area contributed by atoms with Gasteiger partial charge in [-0.1, -0.05) is 48.5 Å². The summed E-state index contributed by atoms with van der Waals surface area (Å²) in [6, 6.07) is 7.87. The third-order valence-corrected chi connectivity index (χ3v) is 6.50. The van der Waals surface area contributed by atoms with Gasteiger partial charge in [0.15, 0.2) is 0 Å². The van der Waals surface area contributed by atoms with E-state index < -0.39 is 0 Å². The van der Waals surface area contributed by atoms with E-state index in [1.54, 1.807) is 24.5 Å². The fourth-order valence-electron chi connectivity index (χ4n) is 4.20. The van der Waals surface area contributed by atoms with Gasteiger partial charge in [0.25, 0.3) is 0 Å². The van der Waals surface area contributed by atoms with Crippen LogP contribution in [0.1, 0.15) is 38.1 Å². The largest absolute Gasteiger partial charge is 0.383 e. The monoisotopic (exact) mass is 452 g/mol. The molecule has 0 saturated heterocycles. The van der Waals surface area contributed by atoms with Crippen LogP contribution >= 0.6 is 23.2 Å². The molecule has 6 nitrogen and oxygen atoms in total. The molecule has 1 aromatic carbocycles. The van der Waals surface area contributed by atoms with Crippen molar-refractivity contribution in [2.24, 2.45) is 0 Å². The van der Waals surface area contributed by atoms with E-state index in [1.807, 2.05) is 18.3 Å². The molecule has 31 heavy (non-hydrogen) atoms. The van der Waals surface area contributed by atoms with E-state index >= 15 is 0 Å². The van der Waals surface area contributed by atoms with Crippen LogP contribution in [-0.4, -0.2) is 24.7 Å². The number of nitrogens with two attached hydrogens (primary N) is 1. The maximum Gasteiger partial charge on any atom is 0.141 e.